The fraction of sp³-hybridized carbons (Fsp3) is 0.292. The molecule has 0 radical (unpaired) electrons. The number of rotatable bonds is 6. The van der Waals surface area contributed by atoms with Crippen LogP contribution in [0.1, 0.15) is 30.9 Å². The average Bonchev–Trinajstić information content (AvgIpc) is 3.12. The van der Waals surface area contributed by atoms with Crippen LogP contribution in [0, 0.1) is 5.92 Å². The number of carbonyl (C=O) groups is 2. The van der Waals surface area contributed by atoms with Crippen LogP contribution in [0.2, 0.25) is 0 Å². The lowest BCUT2D eigenvalue weighted by atomic mass is 9.75. The predicted octanol–water partition coefficient (Wildman–Crippen LogP) is 3.81. The minimum absolute atomic E-state index is 0.116. The van der Waals surface area contributed by atoms with E-state index >= 15 is 0 Å². The highest BCUT2D eigenvalue weighted by molar-refractivity contribution is 6.07. The van der Waals surface area contributed by atoms with Gasteiger partial charge in [0, 0.05) is 17.2 Å². The Labute approximate surface area is 175 Å². The van der Waals surface area contributed by atoms with Gasteiger partial charge in [0.2, 0.25) is 0 Å². The summed E-state index contributed by atoms with van der Waals surface area (Å²) in [6.45, 7) is 4.28. The van der Waals surface area contributed by atoms with Crippen LogP contribution in [0.25, 0.3) is 0 Å². The molecule has 2 aromatic carbocycles. The van der Waals surface area contributed by atoms with Crippen LogP contribution in [0.5, 0.6) is 5.75 Å². The summed E-state index contributed by atoms with van der Waals surface area (Å²) in [5, 5.41) is 0. The highest BCUT2D eigenvalue weighted by atomic mass is 16.5. The Bertz CT molecular complexity index is 1020. The summed E-state index contributed by atoms with van der Waals surface area (Å²) in [5.41, 5.74) is 3.35. The molecule has 0 saturated heterocycles. The lowest BCUT2D eigenvalue weighted by Crippen LogP contribution is -2.35. The summed E-state index contributed by atoms with van der Waals surface area (Å²) in [5.74, 6) is -1.53. The summed E-state index contributed by atoms with van der Waals surface area (Å²) in [4.78, 5) is 29.9. The predicted molar refractivity (Wildman–Crippen MR) is 111 cm³/mol. The fourth-order valence-electron chi connectivity index (χ4n) is 3.97. The first-order valence-electron chi connectivity index (χ1n) is 9.97. The van der Waals surface area contributed by atoms with Crippen molar-refractivity contribution in [1.29, 1.82) is 0 Å². The van der Waals surface area contributed by atoms with Crippen molar-refractivity contribution in [2.45, 2.75) is 26.4 Å². The van der Waals surface area contributed by atoms with Crippen LogP contribution in [-0.4, -0.2) is 30.9 Å². The van der Waals surface area contributed by atoms with Gasteiger partial charge in [0.05, 0.1) is 17.9 Å². The molecule has 4 rings (SSSR count). The molecule has 2 atom stereocenters. The van der Waals surface area contributed by atoms with Crippen molar-refractivity contribution in [3.05, 3.63) is 77.0 Å². The second kappa shape index (κ2) is 8.53. The third-order valence-electron chi connectivity index (χ3n) is 5.31. The number of cyclic esters (lactones) is 1. The van der Waals surface area contributed by atoms with Gasteiger partial charge in [0.1, 0.15) is 24.9 Å². The zero-order chi connectivity index (χ0) is 21.1. The van der Waals surface area contributed by atoms with Gasteiger partial charge in [-0.15, -0.1) is 0 Å². The molecule has 0 spiro atoms. The van der Waals surface area contributed by atoms with Gasteiger partial charge in [-0.2, -0.15) is 0 Å². The molecule has 0 aliphatic carbocycles. The topological polar surface area (TPSA) is 74.2 Å². The van der Waals surface area contributed by atoms with E-state index in [1.54, 1.807) is 13.8 Å². The SMILES string of the molecule is CCOC(=O)C1C(C)=NC2=C(C(=O)OC2)C1c1ccccc1OCc1ccccc1. The molecule has 0 saturated carbocycles. The molecule has 0 fully saturated rings. The number of esters is 2. The Morgan fingerprint density at radius 2 is 1.87 bits per heavy atom. The molecular formula is C24H23NO5. The van der Waals surface area contributed by atoms with E-state index in [2.05, 4.69) is 4.99 Å². The fourth-order valence-corrected chi connectivity index (χ4v) is 3.97. The van der Waals surface area contributed by atoms with Crippen molar-refractivity contribution < 1.29 is 23.8 Å². The van der Waals surface area contributed by atoms with Gasteiger partial charge in [-0.1, -0.05) is 48.5 Å². The van der Waals surface area contributed by atoms with E-state index < -0.39 is 23.8 Å². The van der Waals surface area contributed by atoms with Crippen LogP contribution in [0.3, 0.4) is 0 Å². The van der Waals surface area contributed by atoms with Crippen molar-refractivity contribution in [3.8, 4) is 5.75 Å². The van der Waals surface area contributed by atoms with E-state index in [9.17, 15) is 9.59 Å². The molecule has 2 unspecified atom stereocenters. The number of aliphatic imine (C=N–C) groups is 1. The molecule has 30 heavy (non-hydrogen) atoms. The summed E-state index contributed by atoms with van der Waals surface area (Å²) in [6, 6.07) is 17.3. The maximum atomic E-state index is 12.9. The number of nitrogens with zero attached hydrogens (tertiary/aromatic N) is 1. The largest absolute Gasteiger partial charge is 0.489 e. The van der Waals surface area contributed by atoms with Gasteiger partial charge in [-0.25, -0.2) is 4.79 Å². The van der Waals surface area contributed by atoms with Crippen molar-refractivity contribution in [2.24, 2.45) is 10.9 Å². The van der Waals surface area contributed by atoms with E-state index in [4.69, 9.17) is 14.2 Å². The first-order chi connectivity index (χ1) is 14.6. The van der Waals surface area contributed by atoms with Crippen molar-refractivity contribution in [1.82, 2.24) is 0 Å². The zero-order valence-corrected chi connectivity index (χ0v) is 17.0. The second-order valence-corrected chi connectivity index (χ2v) is 7.21. The molecule has 0 bridgehead atoms. The molecule has 154 valence electrons. The molecular weight excluding hydrogens is 382 g/mol. The maximum absolute atomic E-state index is 12.9. The Kier molecular flexibility index (Phi) is 5.65. The van der Waals surface area contributed by atoms with E-state index in [0.29, 0.717) is 29.3 Å². The van der Waals surface area contributed by atoms with Gasteiger partial charge in [-0.3, -0.25) is 9.79 Å². The van der Waals surface area contributed by atoms with Gasteiger partial charge < -0.3 is 14.2 Å². The van der Waals surface area contributed by atoms with Crippen molar-refractivity contribution in [3.63, 3.8) is 0 Å². The molecule has 0 N–H and O–H groups in total. The minimum atomic E-state index is -0.712. The van der Waals surface area contributed by atoms with E-state index in [1.165, 1.54) is 0 Å². The van der Waals surface area contributed by atoms with E-state index in [0.717, 1.165) is 11.1 Å². The normalized spacial score (nSPS) is 20.3. The molecule has 6 heteroatoms. The number of carbonyl (C=O) groups excluding carboxylic acids is 2. The van der Waals surface area contributed by atoms with Crippen LogP contribution in [-0.2, 0) is 25.7 Å². The second-order valence-electron chi connectivity index (χ2n) is 7.21. The number of ether oxygens (including phenoxy) is 3. The van der Waals surface area contributed by atoms with Crippen LogP contribution >= 0.6 is 0 Å². The maximum Gasteiger partial charge on any atom is 0.337 e. The van der Waals surface area contributed by atoms with Crippen LogP contribution < -0.4 is 4.74 Å². The quantitative estimate of drug-likeness (QED) is 0.683. The minimum Gasteiger partial charge on any atom is -0.489 e. The highest BCUT2D eigenvalue weighted by Crippen LogP contribution is 2.45. The summed E-state index contributed by atoms with van der Waals surface area (Å²) < 4.78 is 16.7. The lowest BCUT2D eigenvalue weighted by molar-refractivity contribution is -0.146. The summed E-state index contributed by atoms with van der Waals surface area (Å²) in [6.07, 6.45) is 0. The van der Waals surface area contributed by atoms with Gasteiger partial charge in [0.25, 0.3) is 0 Å². The Balaban J connectivity index is 1.75. The third kappa shape index (κ3) is 3.73. The molecule has 0 aromatic heterocycles. The molecule has 0 amide bonds. The molecule has 2 aliphatic rings. The van der Waals surface area contributed by atoms with E-state index in [-0.39, 0.29) is 13.2 Å². The van der Waals surface area contributed by atoms with Gasteiger partial charge in [0.15, 0.2) is 0 Å². The number of hydrogen-bond donors (Lipinski definition) is 0. The Hall–Kier alpha value is -3.41. The smallest absolute Gasteiger partial charge is 0.337 e. The van der Waals surface area contributed by atoms with E-state index in [1.807, 2.05) is 54.6 Å². The third-order valence-corrected chi connectivity index (χ3v) is 5.31. The molecule has 2 aliphatic heterocycles. The van der Waals surface area contributed by atoms with Crippen LogP contribution in [0.15, 0.2) is 70.9 Å². The number of hydrogen-bond acceptors (Lipinski definition) is 6. The zero-order valence-electron chi connectivity index (χ0n) is 17.0. The molecule has 6 nitrogen and oxygen atoms in total. The Morgan fingerprint density at radius 3 is 2.63 bits per heavy atom. The Morgan fingerprint density at radius 1 is 1.13 bits per heavy atom. The standard InChI is InChI=1S/C24H23NO5/c1-3-28-23(26)20-15(2)25-18-14-30-24(27)22(18)21(20)17-11-7-8-12-19(17)29-13-16-9-5-4-6-10-16/h4-12,20-21H,3,13-14H2,1-2H3. The first-order valence-corrected chi connectivity index (χ1v) is 9.97. The molecule has 2 aromatic rings. The van der Waals surface area contributed by atoms with Gasteiger partial charge >= 0.3 is 11.9 Å². The average molecular weight is 405 g/mol. The lowest BCUT2D eigenvalue weighted by Gasteiger charge is -2.30. The first kappa shape index (κ1) is 19.9. The number of benzene rings is 2. The van der Waals surface area contributed by atoms with Crippen molar-refractivity contribution in [2.75, 3.05) is 13.2 Å². The number of para-hydroxylation sites is 1. The van der Waals surface area contributed by atoms with Crippen LogP contribution in [0.4, 0.5) is 0 Å². The monoisotopic (exact) mass is 405 g/mol. The summed E-state index contributed by atoms with van der Waals surface area (Å²) >= 11 is 0. The van der Waals surface area contributed by atoms with Crippen molar-refractivity contribution >= 4 is 17.7 Å². The molecule has 2 heterocycles. The highest BCUT2D eigenvalue weighted by Gasteiger charge is 2.46. The van der Waals surface area contributed by atoms with Gasteiger partial charge in [-0.05, 0) is 25.5 Å². The summed E-state index contributed by atoms with van der Waals surface area (Å²) in [7, 11) is 0.